The van der Waals surface area contributed by atoms with E-state index in [2.05, 4.69) is 5.32 Å². The molecule has 3 aromatic rings. The normalized spacial score (nSPS) is 23.9. The molecule has 11 heteroatoms. The number of carbonyl (C=O) groups is 3. The summed E-state index contributed by atoms with van der Waals surface area (Å²) >= 11 is 0. The molecule has 0 radical (unpaired) electrons. The van der Waals surface area contributed by atoms with Crippen LogP contribution >= 0.6 is 0 Å². The van der Waals surface area contributed by atoms with E-state index in [1.54, 1.807) is 18.2 Å². The van der Waals surface area contributed by atoms with Gasteiger partial charge in [-0.15, -0.1) is 0 Å². The number of hydrogen-bond donors (Lipinski definition) is 1. The molecular formula is C28H20N4O7. The third kappa shape index (κ3) is 3.39. The minimum Gasteiger partial charge on any atom is -0.454 e. The Balaban J connectivity index is 1.28. The first-order valence-corrected chi connectivity index (χ1v) is 12.3. The highest BCUT2D eigenvalue weighted by Gasteiger charge is 2.64. The number of rotatable bonds is 4. The number of nitrogens with one attached hydrogen (secondary N) is 1. The molecule has 0 saturated carbocycles. The average molecular weight is 524 g/mol. The third-order valence-electron chi connectivity index (χ3n) is 7.64. The topological polar surface area (TPSA) is 131 Å². The monoisotopic (exact) mass is 524 g/mol. The van der Waals surface area contributed by atoms with Crippen LogP contribution in [0.5, 0.6) is 11.5 Å². The van der Waals surface area contributed by atoms with Gasteiger partial charge in [0.1, 0.15) is 6.04 Å². The molecule has 0 unspecified atom stereocenters. The number of amides is 3. The predicted molar refractivity (Wildman–Crippen MR) is 139 cm³/mol. The Morgan fingerprint density at radius 3 is 2.49 bits per heavy atom. The lowest BCUT2D eigenvalue weighted by Crippen LogP contribution is -2.50. The molecule has 2 fully saturated rings. The number of non-ortho nitro benzene ring substituents is 1. The number of carbonyl (C=O) groups excluding carboxylic acids is 3. The van der Waals surface area contributed by atoms with E-state index in [9.17, 15) is 24.5 Å². The number of benzene rings is 3. The number of nitrogens with zero attached hydrogens (tertiary/aromatic N) is 3. The lowest BCUT2D eigenvalue weighted by Gasteiger charge is -2.36. The minimum atomic E-state index is -1.00. The number of nitro benzene ring substituents is 1. The average Bonchev–Trinajstić information content (AvgIpc) is 3.62. The summed E-state index contributed by atoms with van der Waals surface area (Å²) in [5, 5.41) is 13.8. The Bertz CT molecular complexity index is 1600. The van der Waals surface area contributed by atoms with Gasteiger partial charge in [0.05, 0.1) is 28.5 Å². The van der Waals surface area contributed by atoms with Gasteiger partial charge in [-0.25, -0.2) is 4.90 Å². The van der Waals surface area contributed by atoms with Gasteiger partial charge in [0, 0.05) is 29.6 Å². The van der Waals surface area contributed by atoms with Gasteiger partial charge in [0.25, 0.3) is 5.69 Å². The lowest BCUT2D eigenvalue weighted by molar-refractivity contribution is -0.384. The smallest absolute Gasteiger partial charge is 0.269 e. The fourth-order valence-corrected chi connectivity index (χ4v) is 5.98. The summed E-state index contributed by atoms with van der Waals surface area (Å²) in [6.07, 6.45) is 3.78. The highest BCUT2D eigenvalue weighted by molar-refractivity contribution is 6.25. The molecule has 0 aromatic heterocycles. The van der Waals surface area contributed by atoms with Crippen molar-refractivity contribution in [2.75, 3.05) is 21.9 Å². The lowest BCUT2D eigenvalue weighted by atomic mass is 9.88. The maximum absolute atomic E-state index is 14.0. The molecule has 4 aliphatic rings. The summed E-state index contributed by atoms with van der Waals surface area (Å²) in [5.74, 6) is -2.15. The highest BCUT2D eigenvalue weighted by atomic mass is 16.7. The first-order chi connectivity index (χ1) is 18.9. The summed E-state index contributed by atoms with van der Waals surface area (Å²) in [6.45, 7) is 0.0536. The summed E-state index contributed by atoms with van der Waals surface area (Å²) < 4.78 is 10.8. The second kappa shape index (κ2) is 8.42. The zero-order valence-electron chi connectivity index (χ0n) is 20.2. The fourth-order valence-electron chi connectivity index (χ4n) is 5.98. The zero-order chi connectivity index (χ0) is 26.8. The highest BCUT2D eigenvalue weighted by Crippen LogP contribution is 2.50. The molecule has 4 aliphatic heterocycles. The van der Waals surface area contributed by atoms with Crippen LogP contribution in [0.25, 0.3) is 6.08 Å². The maximum Gasteiger partial charge on any atom is 0.269 e. The van der Waals surface area contributed by atoms with Crippen molar-refractivity contribution in [1.29, 1.82) is 0 Å². The van der Waals surface area contributed by atoms with Gasteiger partial charge in [-0.2, -0.15) is 0 Å². The zero-order valence-corrected chi connectivity index (χ0v) is 20.2. The second-order valence-corrected chi connectivity index (χ2v) is 9.65. The van der Waals surface area contributed by atoms with E-state index in [4.69, 9.17) is 9.47 Å². The summed E-state index contributed by atoms with van der Waals surface area (Å²) in [5.41, 5.74) is 2.20. The van der Waals surface area contributed by atoms with Gasteiger partial charge >= 0.3 is 0 Å². The van der Waals surface area contributed by atoms with Crippen LogP contribution in [0.3, 0.4) is 0 Å². The number of ether oxygens (including phenoxy) is 2. The van der Waals surface area contributed by atoms with Crippen molar-refractivity contribution in [1.82, 2.24) is 0 Å². The van der Waals surface area contributed by atoms with Crippen molar-refractivity contribution in [2.45, 2.75) is 12.1 Å². The van der Waals surface area contributed by atoms with Gasteiger partial charge in [-0.1, -0.05) is 30.4 Å². The molecule has 0 bridgehead atoms. The summed E-state index contributed by atoms with van der Waals surface area (Å²) in [4.78, 5) is 55.2. The molecule has 7 rings (SSSR count). The van der Waals surface area contributed by atoms with E-state index >= 15 is 0 Å². The third-order valence-corrected chi connectivity index (χ3v) is 7.64. The molecule has 3 amide bonds. The number of fused-ring (bicyclic) bond motifs is 6. The van der Waals surface area contributed by atoms with Gasteiger partial charge in [0.15, 0.2) is 11.5 Å². The number of nitro groups is 1. The van der Waals surface area contributed by atoms with Crippen LogP contribution in [0.4, 0.5) is 22.7 Å². The van der Waals surface area contributed by atoms with Crippen LogP contribution in [-0.2, 0) is 14.4 Å². The molecule has 4 heterocycles. The first kappa shape index (κ1) is 23.0. The standard InChI is InChI=1S/C28H20N4O7/c33-26(29-16-6-8-17(9-7-16)32(36)37)25-24-23(20-11-5-15-3-1-2-4-19(15)31(20)25)27(34)30(28(24)35)18-10-12-21-22(13-18)39-14-38-21/h1-13,20,23-25H,14H2,(H,29,33)/t20-,23+,24-,25-/m0/s1. The molecule has 2 saturated heterocycles. The Morgan fingerprint density at radius 1 is 0.949 bits per heavy atom. The van der Waals surface area contributed by atoms with Crippen molar-refractivity contribution in [3.63, 3.8) is 0 Å². The molecule has 11 nitrogen and oxygen atoms in total. The molecule has 39 heavy (non-hydrogen) atoms. The summed E-state index contributed by atoms with van der Waals surface area (Å²) in [6, 6.07) is 16.3. The molecular weight excluding hydrogens is 504 g/mol. The van der Waals surface area contributed by atoms with Crippen LogP contribution in [-0.4, -0.2) is 41.5 Å². The van der Waals surface area contributed by atoms with Crippen LogP contribution in [0.1, 0.15) is 5.56 Å². The molecule has 1 N–H and O–H groups in total. The maximum atomic E-state index is 14.0. The molecule has 194 valence electrons. The van der Waals surface area contributed by atoms with E-state index in [0.717, 1.165) is 16.2 Å². The van der Waals surface area contributed by atoms with Crippen molar-refractivity contribution >= 4 is 46.5 Å². The first-order valence-electron chi connectivity index (χ1n) is 12.3. The molecule has 4 atom stereocenters. The Morgan fingerprint density at radius 2 is 1.69 bits per heavy atom. The molecule has 3 aromatic carbocycles. The number of imide groups is 1. The SMILES string of the molecule is O=C(Nc1ccc([N+](=O)[O-])cc1)[C@@H]1[C@H]2C(=O)N(c3ccc4c(c3)OCO4)C(=O)[C@@H]2[C@@H]2C=Cc3ccccc3N12. The second-order valence-electron chi connectivity index (χ2n) is 9.65. The van der Waals surface area contributed by atoms with Crippen molar-refractivity contribution in [2.24, 2.45) is 11.8 Å². The van der Waals surface area contributed by atoms with E-state index in [1.165, 1.54) is 24.3 Å². The van der Waals surface area contributed by atoms with Crippen molar-refractivity contribution < 1.29 is 28.8 Å². The van der Waals surface area contributed by atoms with Crippen molar-refractivity contribution in [3.8, 4) is 11.5 Å². The van der Waals surface area contributed by atoms with E-state index < -0.39 is 46.6 Å². The van der Waals surface area contributed by atoms with Crippen LogP contribution < -0.4 is 24.6 Å². The Kier molecular flexibility index (Phi) is 4.96. The van der Waals surface area contributed by atoms with Crippen LogP contribution in [0, 0.1) is 22.0 Å². The van der Waals surface area contributed by atoms with Gasteiger partial charge in [0.2, 0.25) is 24.5 Å². The van der Waals surface area contributed by atoms with Crippen LogP contribution in [0.2, 0.25) is 0 Å². The van der Waals surface area contributed by atoms with Gasteiger partial charge < -0.3 is 19.7 Å². The predicted octanol–water partition coefficient (Wildman–Crippen LogP) is 3.35. The Hall–Kier alpha value is -5.19. The Labute approximate surface area is 221 Å². The van der Waals surface area contributed by atoms with Crippen LogP contribution in [0.15, 0.2) is 72.8 Å². The largest absolute Gasteiger partial charge is 0.454 e. The number of hydrogen-bond acceptors (Lipinski definition) is 8. The number of anilines is 3. The van der Waals surface area contributed by atoms with E-state index in [-0.39, 0.29) is 12.5 Å². The summed E-state index contributed by atoms with van der Waals surface area (Å²) in [7, 11) is 0. The van der Waals surface area contributed by atoms with E-state index in [1.807, 2.05) is 41.3 Å². The molecule has 0 aliphatic carbocycles. The molecule has 0 spiro atoms. The fraction of sp³-hybridized carbons (Fsp3) is 0.179. The minimum absolute atomic E-state index is 0.0536. The van der Waals surface area contributed by atoms with E-state index in [0.29, 0.717) is 22.9 Å². The number of para-hydroxylation sites is 1. The van der Waals surface area contributed by atoms with Crippen molar-refractivity contribution in [3.05, 3.63) is 88.5 Å². The quantitative estimate of drug-likeness (QED) is 0.312. The van der Waals surface area contributed by atoms with Gasteiger partial charge in [-0.3, -0.25) is 24.5 Å². The van der Waals surface area contributed by atoms with Gasteiger partial charge in [-0.05, 0) is 35.9 Å².